The van der Waals surface area contributed by atoms with E-state index in [-0.39, 0.29) is 5.69 Å². The van der Waals surface area contributed by atoms with Crippen LogP contribution < -0.4 is 4.74 Å². The highest BCUT2D eigenvalue weighted by Crippen LogP contribution is 2.30. The minimum Gasteiger partial charge on any atom is -0.497 e. The molecule has 0 unspecified atom stereocenters. The van der Waals surface area contributed by atoms with Crippen molar-refractivity contribution in [2.45, 2.75) is 0 Å². The van der Waals surface area contributed by atoms with E-state index in [1.54, 1.807) is 19.2 Å². The van der Waals surface area contributed by atoms with Crippen LogP contribution in [0.15, 0.2) is 53.9 Å². The first kappa shape index (κ1) is 14.2. The molecule has 0 fully saturated rings. The first-order valence-corrected chi connectivity index (χ1v) is 7.40. The quantitative estimate of drug-likeness (QED) is 0.529. The Balaban J connectivity index is 1.87. The van der Waals surface area contributed by atoms with Gasteiger partial charge in [0.1, 0.15) is 10.8 Å². The number of methoxy groups -OCH3 is 1. The predicted octanol–water partition coefficient (Wildman–Crippen LogP) is 4.39. The van der Waals surface area contributed by atoms with Crippen molar-refractivity contribution in [3.63, 3.8) is 0 Å². The third-order valence-corrected chi connectivity index (χ3v) is 4.11. The number of thiazole rings is 1. The number of ether oxygens (including phenoxy) is 1. The molecule has 0 N–H and O–H groups in total. The summed E-state index contributed by atoms with van der Waals surface area (Å²) in [6.07, 6.45) is 0. The van der Waals surface area contributed by atoms with E-state index in [0.717, 1.165) is 27.6 Å². The Morgan fingerprint density at radius 1 is 1.05 bits per heavy atom. The minimum atomic E-state index is -0.409. The van der Waals surface area contributed by atoms with E-state index in [1.165, 1.54) is 23.5 Å². The van der Waals surface area contributed by atoms with Crippen molar-refractivity contribution in [2.24, 2.45) is 0 Å². The van der Waals surface area contributed by atoms with Crippen molar-refractivity contribution < 1.29 is 9.66 Å². The molecule has 6 heteroatoms. The summed E-state index contributed by atoms with van der Waals surface area (Å²) < 4.78 is 5.14. The summed E-state index contributed by atoms with van der Waals surface area (Å²) in [5, 5.41) is 13.5. The second-order valence-corrected chi connectivity index (χ2v) is 5.43. The molecule has 0 atom stereocenters. The number of benzene rings is 2. The molecule has 0 amide bonds. The van der Waals surface area contributed by atoms with Gasteiger partial charge in [-0.1, -0.05) is 0 Å². The van der Waals surface area contributed by atoms with Crippen LogP contribution in [-0.2, 0) is 0 Å². The Morgan fingerprint density at radius 2 is 1.68 bits per heavy atom. The Bertz CT molecular complexity index is 795. The van der Waals surface area contributed by atoms with Crippen molar-refractivity contribution in [2.75, 3.05) is 7.11 Å². The van der Waals surface area contributed by atoms with Crippen LogP contribution in [0.4, 0.5) is 5.69 Å². The van der Waals surface area contributed by atoms with Gasteiger partial charge in [-0.3, -0.25) is 10.1 Å². The van der Waals surface area contributed by atoms with E-state index in [9.17, 15) is 10.1 Å². The number of nitro groups is 1. The van der Waals surface area contributed by atoms with E-state index < -0.39 is 4.92 Å². The highest BCUT2D eigenvalue weighted by molar-refractivity contribution is 7.13. The number of non-ortho nitro benzene ring substituents is 1. The second kappa shape index (κ2) is 5.95. The fourth-order valence-corrected chi connectivity index (χ4v) is 2.86. The van der Waals surface area contributed by atoms with E-state index in [2.05, 4.69) is 4.98 Å². The topological polar surface area (TPSA) is 65.3 Å². The number of hydrogen-bond acceptors (Lipinski definition) is 5. The van der Waals surface area contributed by atoms with E-state index in [1.807, 2.05) is 29.6 Å². The van der Waals surface area contributed by atoms with Gasteiger partial charge in [-0.2, -0.15) is 0 Å². The first-order valence-electron chi connectivity index (χ1n) is 6.52. The van der Waals surface area contributed by atoms with Gasteiger partial charge < -0.3 is 4.74 Å². The molecule has 0 radical (unpaired) electrons. The van der Waals surface area contributed by atoms with Crippen molar-refractivity contribution in [1.29, 1.82) is 0 Å². The van der Waals surface area contributed by atoms with Crippen molar-refractivity contribution >= 4 is 17.0 Å². The average Bonchev–Trinajstić information content (AvgIpc) is 3.05. The average molecular weight is 312 g/mol. The second-order valence-electron chi connectivity index (χ2n) is 4.57. The van der Waals surface area contributed by atoms with Gasteiger partial charge in [-0.25, -0.2) is 4.98 Å². The molecule has 1 aromatic heterocycles. The molecule has 3 rings (SSSR count). The Morgan fingerprint density at radius 3 is 2.27 bits per heavy atom. The Labute approximate surface area is 131 Å². The molecule has 0 aliphatic heterocycles. The maximum absolute atomic E-state index is 10.7. The normalized spacial score (nSPS) is 10.4. The molecule has 0 aliphatic carbocycles. The van der Waals surface area contributed by atoms with Gasteiger partial charge in [0.2, 0.25) is 0 Å². The maximum Gasteiger partial charge on any atom is 0.269 e. The van der Waals surface area contributed by atoms with Crippen molar-refractivity contribution in [1.82, 2.24) is 4.98 Å². The van der Waals surface area contributed by atoms with Gasteiger partial charge in [0.25, 0.3) is 5.69 Å². The predicted molar refractivity (Wildman–Crippen MR) is 86.2 cm³/mol. The zero-order valence-corrected chi connectivity index (χ0v) is 12.5. The van der Waals surface area contributed by atoms with Crippen molar-refractivity contribution in [3.05, 3.63) is 64.0 Å². The molecule has 0 spiro atoms. The summed E-state index contributed by atoms with van der Waals surface area (Å²) in [6, 6.07) is 14.1. The third kappa shape index (κ3) is 2.82. The lowest BCUT2D eigenvalue weighted by molar-refractivity contribution is -0.384. The monoisotopic (exact) mass is 312 g/mol. The summed E-state index contributed by atoms with van der Waals surface area (Å²) in [6.45, 7) is 0. The molecule has 0 saturated carbocycles. The fraction of sp³-hybridized carbons (Fsp3) is 0.0625. The van der Waals surface area contributed by atoms with Gasteiger partial charge >= 0.3 is 0 Å². The first-order chi connectivity index (χ1) is 10.7. The lowest BCUT2D eigenvalue weighted by Gasteiger charge is -2.00. The Kier molecular flexibility index (Phi) is 3.84. The van der Waals surface area contributed by atoms with Crippen LogP contribution in [0.2, 0.25) is 0 Å². The van der Waals surface area contributed by atoms with Crippen LogP contribution in [0.3, 0.4) is 0 Å². The number of aromatic nitrogens is 1. The van der Waals surface area contributed by atoms with Crippen LogP contribution in [0.25, 0.3) is 21.8 Å². The zero-order valence-electron chi connectivity index (χ0n) is 11.7. The van der Waals surface area contributed by atoms with Gasteiger partial charge in [-0.05, 0) is 36.4 Å². The van der Waals surface area contributed by atoms with Crippen LogP contribution in [0.1, 0.15) is 0 Å². The Hall–Kier alpha value is -2.73. The summed E-state index contributed by atoms with van der Waals surface area (Å²) in [4.78, 5) is 14.9. The smallest absolute Gasteiger partial charge is 0.269 e. The highest BCUT2D eigenvalue weighted by Gasteiger charge is 2.09. The molecular formula is C16H12N2O3S. The molecule has 0 aliphatic rings. The summed E-state index contributed by atoms with van der Waals surface area (Å²) >= 11 is 1.54. The maximum atomic E-state index is 10.7. The lowest BCUT2D eigenvalue weighted by Crippen LogP contribution is -1.87. The van der Waals surface area contributed by atoms with E-state index in [0.29, 0.717) is 0 Å². The summed E-state index contributed by atoms with van der Waals surface area (Å²) in [5.41, 5.74) is 2.76. The fourth-order valence-electron chi connectivity index (χ4n) is 2.03. The molecule has 5 nitrogen and oxygen atoms in total. The molecule has 2 aromatic carbocycles. The largest absolute Gasteiger partial charge is 0.497 e. The minimum absolute atomic E-state index is 0.0781. The summed E-state index contributed by atoms with van der Waals surface area (Å²) in [7, 11) is 1.63. The van der Waals surface area contributed by atoms with E-state index in [4.69, 9.17) is 4.74 Å². The lowest BCUT2D eigenvalue weighted by atomic mass is 10.1. The highest BCUT2D eigenvalue weighted by atomic mass is 32.1. The number of nitrogens with zero attached hydrogens (tertiary/aromatic N) is 2. The molecule has 0 bridgehead atoms. The molecule has 1 heterocycles. The SMILES string of the molecule is COc1ccc(-c2nc(-c3ccc([N+](=O)[O-])cc3)cs2)cc1. The van der Waals surface area contributed by atoms with Crippen LogP contribution >= 0.6 is 11.3 Å². The van der Waals surface area contributed by atoms with Gasteiger partial charge in [-0.15, -0.1) is 11.3 Å². The van der Waals surface area contributed by atoms with Gasteiger partial charge in [0, 0.05) is 28.6 Å². The van der Waals surface area contributed by atoms with Gasteiger partial charge in [0.15, 0.2) is 0 Å². The van der Waals surface area contributed by atoms with Gasteiger partial charge in [0.05, 0.1) is 17.7 Å². The zero-order chi connectivity index (χ0) is 15.5. The number of nitro benzene ring substituents is 1. The number of rotatable bonds is 4. The van der Waals surface area contributed by atoms with Crippen LogP contribution in [0, 0.1) is 10.1 Å². The summed E-state index contributed by atoms with van der Waals surface area (Å²) in [5.74, 6) is 0.802. The molecular weight excluding hydrogens is 300 g/mol. The van der Waals surface area contributed by atoms with E-state index >= 15 is 0 Å². The number of hydrogen-bond donors (Lipinski definition) is 0. The molecule has 0 saturated heterocycles. The molecule has 110 valence electrons. The van der Waals surface area contributed by atoms with Crippen LogP contribution in [0.5, 0.6) is 5.75 Å². The van der Waals surface area contributed by atoms with Crippen LogP contribution in [-0.4, -0.2) is 17.0 Å². The molecule has 3 aromatic rings. The van der Waals surface area contributed by atoms with Crippen molar-refractivity contribution in [3.8, 4) is 27.6 Å². The molecule has 22 heavy (non-hydrogen) atoms. The standard InChI is InChI=1S/C16H12N2O3S/c1-21-14-8-4-12(5-9-14)16-17-15(10-22-16)11-2-6-13(7-3-11)18(19)20/h2-10H,1H3. The third-order valence-electron chi connectivity index (χ3n) is 3.22.